The fraction of sp³-hybridized carbons (Fsp3) is 0.188. The number of nitrogens with one attached hydrogen (secondary N) is 1. The van der Waals surface area contributed by atoms with Crippen LogP contribution in [0.15, 0.2) is 53.5 Å². The Bertz CT molecular complexity index is 729. The van der Waals surface area contributed by atoms with Gasteiger partial charge in [0.1, 0.15) is 6.07 Å². The van der Waals surface area contributed by atoms with E-state index in [9.17, 15) is 9.59 Å². The van der Waals surface area contributed by atoms with Crippen molar-refractivity contribution in [3.63, 3.8) is 0 Å². The summed E-state index contributed by atoms with van der Waals surface area (Å²) in [6.45, 7) is 0.493. The molecule has 0 saturated heterocycles. The molecule has 1 N–H and O–H groups in total. The fourth-order valence-corrected chi connectivity index (χ4v) is 1.96. The van der Waals surface area contributed by atoms with E-state index in [4.69, 9.17) is 5.26 Å². The van der Waals surface area contributed by atoms with E-state index in [1.54, 1.807) is 47.2 Å². The van der Waals surface area contributed by atoms with Gasteiger partial charge in [-0.3, -0.25) is 9.59 Å². The Hall–Kier alpha value is -2.87. The summed E-state index contributed by atoms with van der Waals surface area (Å²) >= 11 is 0. The molecule has 1 amide bonds. The van der Waals surface area contributed by atoms with Crippen molar-refractivity contribution in [1.82, 2.24) is 4.57 Å². The number of amides is 1. The van der Waals surface area contributed by atoms with Crippen LogP contribution in [0.5, 0.6) is 0 Å². The van der Waals surface area contributed by atoms with Crippen LogP contribution in [-0.4, -0.2) is 10.5 Å². The summed E-state index contributed by atoms with van der Waals surface area (Å²) in [7, 11) is 0. The van der Waals surface area contributed by atoms with Gasteiger partial charge in [0.25, 0.3) is 0 Å². The van der Waals surface area contributed by atoms with Crippen LogP contribution in [0.3, 0.4) is 0 Å². The number of nitriles is 1. The summed E-state index contributed by atoms with van der Waals surface area (Å²) in [5.74, 6) is -0.165. The zero-order valence-corrected chi connectivity index (χ0v) is 11.5. The molecule has 0 fully saturated rings. The third kappa shape index (κ3) is 4.05. The van der Waals surface area contributed by atoms with E-state index in [0.717, 1.165) is 0 Å². The number of nitrogens with zero attached hydrogens (tertiary/aromatic N) is 2. The summed E-state index contributed by atoms with van der Waals surface area (Å²) in [6, 6.07) is 13.8. The van der Waals surface area contributed by atoms with Crippen LogP contribution in [-0.2, 0) is 11.3 Å². The Morgan fingerprint density at radius 1 is 1.19 bits per heavy atom. The molecule has 0 saturated carbocycles. The minimum Gasteiger partial charge on any atom is -0.325 e. The lowest BCUT2D eigenvalue weighted by Gasteiger charge is -2.07. The fourth-order valence-electron chi connectivity index (χ4n) is 1.96. The van der Waals surface area contributed by atoms with Crippen molar-refractivity contribution in [3.05, 3.63) is 64.6 Å². The van der Waals surface area contributed by atoms with Gasteiger partial charge in [-0.25, -0.2) is 0 Å². The average Bonchev–Trinajstić information content (AvgIpc) is 2.50. The van der Waals surface area contributed by atoms with Crippen molar-refractivity contribution in [2.24, 2.45) is 0 Å². The van der Waals surface area contributed by atoms with Crippen LogP contribution in [0.4, 0.5) is 5.69 Å². The lowest BCUT2D eigenvalue weighted by atomic mass is 10.2. The second-order valence-corrected chi connectivity index (χ2v) is 4.54. The lowest BCUT2D eigenvalue weighted by Crippen LogP contribution is -2.19. The summed E-state index contributed by atoms with van der Waals surface area (Å²) < 4.78 is 1.57. The van der Waals surface area contributed by atoms with Gasteiger partial charge in [0.05, 0.1) is 11.3 Å². The molecule has 0 bridgehead atoms. The van der Waals surface area contributed by atoms with E-state index in [0.29, 0.717) is 30.6 Å². The van der Waals surface area contributed by atoms with Gasteiger partial charge >= 0.3 is 0 Å². The number of hydrogen-bond acceptors (Lipinski definition) is 3. The van der Waals surface area contributed by atoms with Gasteiger partial charge < -0.3 is 9.88 Å². The molecule has 5 heteroatoms. The minimum atomic E-state index is -0.165. The maximum Gasteiger partial charge on any atom is 0.250 e. The molecular formula is C16H15N3O2. The monoisotopic (exact) mass is 281 g/mol. The largest absolute Gasteiger partial charge is 0.325 e. The van der Waals surface area contributed by atoms with Crippen molar-refractivity contribution in [1.29, 1.82) is 5.26 Å². The number of anilines is 1. The third-order valence-corrected chi connectivity index (χ3v) is 3.02. The van der Waals surface area contributed by atoms with Gasteiger partial charge in [0.2, 0.25) is 11.5 Å². The molecule has 0 aliphatic heterocycles. The summed E-state index contributed by atoms with van der Waals surface area (Å²) in [6.07, 6.45) is 2.55. The summed E-state index contributed by atoms with van der Waals surface area (Å²) in [5.41, 5.74) is 0.875. The van der Waals surface area contributed by atoms with Crippen molar-refractivity contribution in [3.8, 4) is 6.07 Å². The second kappa shape index (κ2) is 7.06. The Balaban J connectivity index is 1.87. The van der Waals surface area contributed by atoms with Gasteiger partial charge in [-0.15, -0.1) is 0 Å². The molecule has 0 aliphatic rings. The van der Waals surface area contributed by atoms with Gasteiger partial charge in [-0.05, 0) is 24.6 Å². The van der Waals surface area contributed by atoms with Gasteiger partial charge in [0, 0.05) is 25.2 Å². The number of aromatic nitrogens is 1. The molecule has 1 aromatic heterocycles. The topological polar surface area (TPSA) is 74.9 Å². The van der Waals surface area contributed by atoms with Crippen molar-refractivity contribution >= 4 is 11.6 Å². The smallest absolute Gasteiger partial charge is 0.250 e. The molecule has 0 aliphatic carbocycles. The van der Waals surface area contributed by atoms with E-state index >= 15 is 0 Å². The molecule has 2 aromatic rings. The van der Waals surface area contributed by atoms with Crippen molar-refractivity contribution in [2.75, 3.05) is 5.32 Å². The second-order valence-electron chi connectivity index (χ2n) is 4.54. The van der Waals surface area contributed by atoms with Gasteiger partial charge in [-0.1, -0.05) is 18.2 Å². The van der Waals surface area contributed by atoms with Crippen molar-refractivity contribution in [2.45, 2.75) is 19.4 Å². The predicted molar refractivity (Wildman–Crippen MR) is 79.7 cm³/mol. The number of carbonyl (C=O) groups is 1. The SMILES string of the molecule is N#Cc1ccccc1NC(=O)CCCn1ccccc1=O. The highest BCUT2D eigenvalue weighted by Crippen LogP contribution is 2.13. The van der Waals surface area contributed by atoms with E-state index in [2.05, 4.69) is 5.32 Å². The predicted octanol–water partition coefficient (Wildman–Crippen LogP) is 2.14. The maximum absolute atomic E-state index is 11.8. The van der Waals surface area contributed by atoms with E-state index in [-0.39, 0.29) is 11.5 Å². The van der Waals surface area contributed by atoms with Crippen LogP contribution in [0.25, 0.3) is 0 Å². The zero-order valence-electron chi connectivity index (χ0n) is 11.5. The number of hydrogen-bond donors (Lipinski definition) is 1. The van der Waals surface area contributed by atoms with Crippen molar-refractivity contribution < 1.29 is 4.79 Å². The number of para-hydroxylation sites is 1. The molecule has 0 radical (unpaired) electrons. The molecular weight excluding hydrogens is 266 g/mol. The number of rotatable bonds is 5. The first-order valence-electron chi connectivity index (χ1n) is 6.65. The van der Waals surface area contributed by atoms with Crippen LogP contribution < -0.4 is 10.9 Å². The maximum atomic E-state index is 11.8. The molecule has 2 rings (SSSR count). The Labute approximate surface area is 122 Å². The van der Waals surface area contributed by atoms with Gasteiger partial charge in [-0.2, -0.15) is 5.26 Å². The Morgan fingerprint density at radius 3 is 2.71 bits per heavy atom. The lowest BCUT2D eigenvalue weighted by molar-refractivity contribution is -0.116. The highest BCUT2D eigenvalue weighted by molar-refractivity contribution is 5.92. The quantitative estimate of drug-likeness (QED) is 0.912. The first-order valence-corrected chi connectivity index (χ1v) is 6.65. The van der Waals surface area contributed by atoms with Gasteiger partial charge in [0.15, 0.2) is 0 Å². The van der Waals surface area contributed by atoms with Crippen LogP contribution in [0.2, 0.25) is 0 Å². The van der Waals surface area contributed by atoms with E-state index in [1.165, 1.54) is 6.07 Å². The Kier molecular flexibility index (Phi) is 4.89. The van der Waals surface area contributed by atoms with Crippen LogP contribution in [0, 0.1) is 11.3 Å². The number of aryl methyl sites for hydroxylation is 1. The number of carbonyl (C=O) groups excluding carboxylic acids is 1. The number of benzene rings is 1. The standard InChI is InChI=1S/C16H15N3O2/c17-12-13-6-1-2-7-14(13)18-15(20)8-5-11-19-10-4-3-9-16(19)21/h1-4,6-7,9-10H,5,8,11H2,(H,18,20). The molecule has 1 heterocycles. The third-order valence-electron chi connectivity index (χ3n) is 3.02. The van der Waals surface area contributed by atoms with E-state index < -0.39 is 0 Å². The molecule has 5 nitrogen and oxygen atoms in total. The average molecular weight is 281 g/mol. The van der Waals surface area contributed by atoms with Crippen LogP contribution in [0.1, 0.15) is 18.4 Å². The minimum absolute atomic E-state index is 0.0762. The molecule has 1 aromatic carbocycles. The molecule has 0 atom stereocenters. The first-order chi connectivity index (χ1) is 10.2. The zero-order chi connectivity index (χ0) is 15.1. The van der Waals surface area contributed by atoms with E-state index in [1.807, 2.05) is 6.07 Å². The molecule has 0 unspecified atom stereocenters. The Morgan fingerprint density at radius 2 is 1.95 bits per heavy atom. The summed E-state index contributed by atoms with van der Waals surface area (Å²) in [4.78, 5) is 23.3. The summed E-state index contributed by atoms with van der Waals surface area (Å²) in [5, 5.41) is 11.7. The highest BCUT2D eigenvalue weighted by Gasteiger charge is 2.06. The molecule has 0 spiro atoms. The first kappa shape index (κ1) is 14.5. The molecule has 106 valence electrons. The number of pyridine rings is 1. The van der Waals surface area contributed by atoms with Crippen LogP contribution >= 0.6 is 0 Å². The highest BCUT2D eigenvalue weighted by atomic mass is 16.1. The normalized spacial score (nSPS) is 9.86. The molecule has 21 heavy (non-hydrogen) atoms.